The molecule has 2 aromatic rings. The maximum absolute atomic E-state index is 5.67. The zero-order valence-corrected chi connectivity index (χ0v) is 11.0. The number of aryl methyl sites for hydroxylation is 2. The highest BCUT2D eigenvalue weighted by Crippen LogP contribution is 2.32. The van der Waals surface area contributed by atoms with E-state index >= 15 is 0 Å². The number of thiazole rings is 1. The van der Waals surface area contributed by atoms with E-state index < -0.39 is 0 Å². The van der Waals surface area contributed by atoms with Gasteiger partial charge in [0.1, 0.15) is 0 Å². The van der Waals surface area contributed by atoms with Crippen molar-refractivity contribution in [3.8, 4) is 0 Å². The summed E-state index contributed by atoms with van der Waals surface area (Å²) < 4.78 is 1.22. The smallest absolute Gasteiger partial charge is 0.181 e. The van der Waals surface area contributed by atoms with Gasteiger partial charge in [-0.3, -0.25) is 0 Å². The summed E-state index contributed by atoms with van der Waals surface area (Å²) in [4.78, 5) is 4.22. The lowest BCUT2D eigenvalue weighted by Crippen LogP contribution is -1.82. The molecule has 2 rings (SSSR count). The molecule has 0 amide bonds. The van der Waals surface area contributed by atoms with Gasteiger partial charge in [0.25, 0.3) is 0 Å². The summed E-state index contributed by atoms with van der Waals surface area (Å²) in [7, 11) is 0. The van der Waals surface area contributed by atoms with Gasteiger partial charge in [-0.1, -0.05) is 41.2 Å². The van der Waals surface area contributed by atoms with Crippen molar-refractivity contribution >= 4 is 28.2 Å². The average Bonchev–Trinajstić information content (AvgIpc) is 2.54. The SMILES string of the molecule is Cc1cccc(CSc2sc(N)nc2C)c1. The van der Waals surface area contributed by atoms with E-state index in [9.17, 15) is 0 Å². The fraction of sp³-hybridized carbons (Fsp3) is 0.250. The number of nitrogen functional groups attached to an aromatic ring is 1. The fourth-order valence-electron chi connectivity index (χ4n) is 1.49. The zero-order chi connectivity index (χ0) is 11.5. The van der Waals surface area contributed by atoms with Crippen molar-refractivity contribution in [1.82, 2.24) is 4.98 Å². The Labute approximate surface area is 104 Å². The van der Waals surface area contributed by atoms with Crippen LogP contribution in [0.5, 0.6) is 0 Å². The van der Waals surface area contributed by atoms with Crippen LogP contribution in [0.15, 0.2) is 28.5 Å². The average molecular weight is 250 g/mol. The molecule has 4 heteroatoms. The Morgan fingerprint density at radius 1 is 1.38 bits per heavy atom. The Kier molecular flexibility index (Phi) is 3.51. The van der Waals surface area contributed by atoms with Crippen molar-refractivity contribution in [3.63, 3.8) is 0 Å². The number of thioether (sulfide) groups is 1. The first-order valence-electron chi connectivity index (χ1n) is 5.06. The van der Waals surface area contributed by atoms with Crippen LogP contribution >= 0.6 is 23.1 Å². The molecule has 0 radical (unpaired) electrons. The normalized spacial score (nSPS) is 10.6. The third-order valence-electron chi connectivity index (χ3n) is 2.22. The fourth-order valence-corrected chi connectivity index (χ4v) is 3.45. The van der Waals surface area contributed by atoms with Gasteiger partial charge in [-0.25, -0.2) is 4.98 Å². The van der Waals surface area contributed by atoms with Gasteiger partial charge in [-0.2, -0.15) is 0 Å². The molecule has 1 heterocycles. The molecule has 0 fully saturated rings. The standard InChI is InChI=1S/C12H14N2S2/c1-8-4-3-5-10(6-8)7-15-11-9(2)14-12(13)16-11/h3-6H,7H2,1-2H3,(H2,13,14). The second-order valence-electron chi connectivity index (χ2n) is 3.70. The van der Waals surface area contributed by atoms with Crippen molar-refractivity contribution in [1.29, 1.82) is 0 Å². The highest BCUT2D eigenvalue weighted by Gasteiger charge is 2.05. The van der Waals surface area contributed by atoms with Gasteiger partial charge in [-0.15, -0.1) is 11.8 Å². The predicted molar refractivity (Wildman–Crippen MR) is 72.0 cm³/mol. The topological polar surface area (TPSA) is 38.9 Å². The summed E-state index contributed by atoms with van der Waals surface area (Å²) in [5.74, 6) is 0.976. The second-order valence-corrected chi connectivity index (χ2v) is 5.98. The van der Waals surface area contributed by atoms with Crippen molar-refractivity contribution < 1.29 is 0 Å². The van der Waals surface area contributed by atoms with Crippen molar-refractivity contribution in [2.75, 3.05) is 5.73 Å². The van der Waals surface area contributed by atoms with E-state index in [0.29, 0.717) is 5.13 Å². The van der Waals surface area contributed by atoms with E-state index in [0.717, 1.165) is 11.4 Å². The van der Waals surface area contributed by atoms with Gasteiger partial charge in [0.05, 0.1) is 9.90 Å². The van der Waals surface area contributed by atoms with Gasteiger partial charge in [-0.05, 0) is 19.4 Å². The van der Waals surface area contributed by atoms with Crippen LogP contribution in [-0.4, -0.2) is 4.98 Å². The molecule has 84 valence electrons. The zero-order valence-electron chi connectivity index (χ0n) is 9.36. The summed E-state index contributed by atoms with van der Waals surface area (Å²) in [6.45, 7) is 4.12. The van der Waals surface area contributed by atoms with Gasteiger partial charge in [0.2, 0.25) is 0 Å². The highest BCUT2D eigenvalue weighted by molar-refractivity contribution is 8.00. The molecule has 2 N–H and O–H groups in total. The van der Waals surface area contributed by atoms with Crippen LogP contribution in [0.1, 0.15) is 16.8 Å². The molecule has 1 aromatic carbocycles. The minimum atomic E-state index is 0.657. The van der Waals surface area contributed by atoms with E-state index in [2.05, 4.69) is 36.2 Å². The Hall–Kier alpha value is -1.00. The number of hydrogen-bond donors (Lipinski definition) is 1. The first kappa shape index (κ1) is 11.5. The molecule has 0 aliphatic heterocycles. The van der Waals surface area contributed by atoms with Gasteiger partial charge in [0.15, 0.2) is 5.13 Å². The number of hydrogen-bond acceptors (Lipinski definition) is 4. The molecule has 0 aliphatic carbocycles. The molecule has 0 atom stereocenters. The molecule has 0 aliphatic rings. The Morgan fingerprint density at radius 2 is 2.19 bits per heavy atom. The second kappa shape index (κ2) is 4.89. The Balaban J connectivity index is 2.05. The number of benzene rings is 1. The molecule has 0 spiro atoms. The molecule has 0 saturated heterocycles. The molecule has 2 nitrogen and oxygen atoms in total. The Morgan fingerprint density at radius 3 is 2.81 bits per heavy atom. The maximum atomic E-state index is 5.67. The minimum absolute atomic E-state index is 0.657. The minimum Gasteiger partial charge on any atom is -0.375 e. The molecule has 0 saturated carbocycles. The first-order valence-corrected chi connectivity index (χ1v) is 6.86. The van der Waals surface area contributed by atoms with Crippen LogP contribution in [0.25, 0.3) is 0 Å². The van der Waals surface area contributed by atoms with Crippen LogP contribution in [0.3, 0.4) is 0 Å². The summed E-state index contributed by atoms with van der Waals surface area (Å²) in [5.41, 5.74) is 9.36. The quantitative estimate of drug-likeness (QED) is 0.845. The van der Waals surface area contributed by atoms with Crippen LogP contribution in [0.2, 0.25) is 0 Å². The third kappa shape index (κ3) is 2.77. The number of anilines is 1. The summed E-state index contributed by atoms with van der Waals surface area (Å²) >= 11 is 3.37. The summed E-state index contributed by atoms with van der Waals surface area (Å²) in [6.07, 6.45) is 0. The third-order valence-corrected chi connectivity index (χ3v) is 4.64. The van der Waals surface area contributed by atoms with E-state index in [-0.39, 0.29) is 0 Å². The van der Waals surface area contributed by atoms with E-state index in [1.807, 2.05) is 6.92 Å². The van der Waals surface area contributed by atoms with Crippen molar-refractivity contribution in [2.45, 2.75) is 23.8 Å². The molecular formula is C12H14N2S2. The predicted octanol–water partition coefficient (Wildman–Crippen LogP) is 3.63. The lowest BCUT2D eigenvalue weighted by molar-refractivity contribution is 1.21. The van der Waals surface area contributed by atoms with Crippen LogP contribution in [-0.2, 0) is 5.75 Å². The van der Waals surface area contributed by atoms with Crippen LogP contribution < -0.4 is 5.73 Å². The monoisotopic (exact) mass is 250 g/mol. The summed E-state index contributed by atoms with van der Waals surface area (Å²) in [6, 6.07) is 8.58. The van der Waals surface area contributed by atoms with E-state index in [4.69, 9.17) is 5.73 Å². The molecule has 0 unspecified atom stereocenters. The molecule has 16 heavy (non-hydrogen) atoms. The number of rotatable bonds is 3. The van der Waals surface area contributed by atoms with Gasteiger partial charge >= 0.3 is 0 Å². The Bertz CT molecular complexity index is 492. The highest BCUT2D eigenvalue weighted by atomic mass is 32.2. The van der Waals surface area contributed by atoms with E-state index in [1.165, 1.54) is 15.3 Å². The van der Waals surface area contributed by atoms with Crippen molar-refractivity contribution in [2.24, 2.45) is 0 Å². The maximum Gasteiger partial charge on any atom is 0.181 e. The molecule has 1 aromatic heterocycles. The van der Waals surface area contributed by atoms with Crippen LogP contribution in [0.4, 0.5) is 5.13 Å². The lowest BCUT2D eigenvalue weighted by Gasteiger charge is -2.01. The molecule has 0 bridgehead atoms. The summed E-state index contributed by atoms with van der Waals surface area (Å²) in [5, 5.41) is 0.657. The molecular weight excluding hydrogens is 236 g/mol. The number of nitrogens with two attached hydrogens (primary N) is 1. The van der Waals surface area contributed by atoms with Crippen LogP contribution in [0, 0.1) is 13.8 Å². The van der Waals surface area contributed by atoms with Gasteiger partial charge in [0, 0.05) is 5.75 Å². The number of aromatic nitrogens is 1. The van der Waals surface area contributed by atoms with E-state index in [1.54, 1.807) is 23.1 Å². The lowest BCUT2D eigenvalue weighted by atomic mass is 10.2. The largest absolute Gasteiger partial charge is 0.375 e. The van der Waals surface area contributed by atoms with Gasteiger partial charge < -0.3 is 5.73 Å². The first-order chi connectivity index (χ1) is 7.65. The van der Waals surface area contributed by atoms with Crippen molar-refractivity contribution in [3.05, 3.63) is 41.1 Å². The number of nitrogens with zero attached hydrogens (tertiary/aromatic N) is 1.